The summed E-state index contributed by atoms with van der Waals surface area (Å²) in [7, 11) is 0. The highest BCUT2D eigenvalue weighted by molar-refractivity contribution is 9.10. The Bertz CT molecular complexity index is 885. The second-order valence-corrected chi connectivity index (χ2v) is 6.19. The van der Waals surface area contributed by atoms with E-state index < -0.39 is 11.8 Å². The van der Waals surface area contributed by atoms with Gasteiger partial charge >= 0.3 is 11.8 Å². The molecule has 134 valence electrons. The van der Waals surface area contributed by atoms with Crippen molar-refractivity contribution in [3.8, 4) is 17.2 Å². The number of phenols is 1. The van der Waals surface area contributed by atoms with E-state index in [-0.39, 0.29) is 19.1 Å². The zero-order valence-electron chi connectivity index (χ0n) is 13.4. The molecule has 26 heavy (non-hydrogen) atoms. The maximum absolute atomic E-state index is 11.8. The maximum Gasteiger partial charge on any atom is 0.329 e. The lowest BCUT2D eigenvalue weighted by Crippen LogP contribution is -2.37. The molecule has 2 aromatic rings. The van der Waals surface area contributed by atoms with Gasteiger partial charge in [-0.15, -0.1) is 0 Å². The molecule has 2 amide bonds. The number of amides is 2. The van der Waals surface area contributed by atoms with Gasteiger partial charge in [0.15, 0.2) is 11.5 Å². The fourth-order valence-electron chi connectivity index (χ4n) is 2.15. The molecule has 1 aliphatic rings. The Balaban J connectivity index is 1.51. The number of rotatable bonds is 4. The van der Waals surface area contributed by atoms with Gasteiger partial charge in [-0.25, -0.2) is 5.43 Å². The molecule has 1 heterocycles. The third-order valence-electron chi connectivity index (χ3n) is 3.46. The number of fused-ring (bicyclic) bond motifs is 1. The molecule has 0 unspecified atom stereocenters. The first-order valence-corrected chi connectivity index (χ1v) is 8.30. The predicted octanol–water partition coefficient (Wildman–Crippen LogP) is 1.65. The van der Waals surface area contributed by atoms with Gasteiger partial charge in [0.25, 0.3) is 0 Å². The second kappa shape index (κ2) is 7.87. The van der Waals surface area contributed by atoms with Crippen LogP contribution in [0.1, 0.15) is 11.1 Å². The normalized spacial score (nSPS) is 12.2. The van der Waals surface area contributed by atoms with Crippen LogP contribution in [0.15, 0.2) is 46.0 Å². The van der Waals surface area contributed by atoms with Crippen molar-refractivity contribution in [2.24, 2.45) is 5.10 Å². The van der Waals surface area contributed by atoms with Crippen molar-refractivity contribution in [1.29, 1.82) is 0 Å². The van der Waals surface area contributed by atoms with Crippen LogP contribution in [0, 0.1) is 0 Å². The standard InChI is InChI=1S/C17H14BrN3O5/c18-12-2-3-13(22)11(6-12)8-20-21-17(24)16(23)19-7-10-1-4-14-15(5-10)26-9-25-14/h1-6,8,22H,7,9H2,(H,19,23)(H,21,24)/b20-8-. The van der Waals surface area contributed by atoms with Gasteiger partial charge in [-0.2, -0.15) is 5.10 Å². The zero-order chi connectivity index (χ0) is 18.5. The van der Waals surface area contributed by atoms with E-state index in [9.17, 15) is 14.7 Å². The van der Waals surface area contributed by atoms with Crippen molar-refractivity contribution in [1.82, 2.24) is 10.7 Å². The van der Waals surface area contributed by atoms with Gasteiger partial charge < -0.3 is 19.9 Å². The van der Waals surface area contributed by atoms with Crippen LogP contribution >= 0.6 is 15.9 Å². The highest BCUT2D eigenvalue weighted by Gasteiger charge is 2.15. The topological polar surface area (TPSA) is 109 Å². The van der Waals surface area contributed by atoms with Gasteiger partial charge in [0.2, 0.25) is 6.79 Å². The molecular weight excluding hydrogens is 406 g/mol. The molecule has 0 saturated carbocycles. The molecule has 8 nitrogen and oxygen atoms in total. The molecular formula is C17H14BrN3O5. The number of hydrogen-bond donors (Lipinski definition) is 3. The summed E-state index contributed by atoms with van der Waals surface area (Å²) in [6, 6.07) is 9.98. The first-order valence-electron chi connectivity index (χ1n) is 7.51. The highest BCUT2D eigenvalue weighted by Crippen LogP contribution is 2.32. The third kappa shape index (κ3) is 4.31. The molecule has 0 bridgehead atoms. The van der Waals surface area contributed by atoms with E-state index >= 15 is 0 Å². The molecule has 0 radical (unpaired) electrons. The minimum absolute atomic E-state index is 0.00143. The molecule has 3 rings (SSSR count). The quantitative estimate of drug-likeness (QED) is 0.396. The smallest absolute Gasteiger partial charge is 0.329 e. The van der Waals surface area contributed by atoms with Gasteiger partial charge in [-0.1, -0.05) is 22.0 Å². The average molecular weight is 420 g/mol. The average Bonchev–Trinajstić information content (AvgIpc) is 3.10. The minimum Gasteiger partial charge on any atom is -0.507 e. The van der Waals surface area contributed by atoms with Crippen LogP contribution in [0.2, 0.25) is 0 Å². The molecule has 0 spiro atoms. The fourth-order valence-corrected chi connectivity index (χ4v) is 2.53. The Labute approximate surface area is 156 Å². The van der Waals surface area contributed by atoms with Gasteiger partial charge in [0.05, 0.1) is 6.21 Å². The van der Waals surface area contributed by atoms with E-state index in [2.05, 4.69) is 31.8 Å². The minimum atomic E-state index is -0.920. The number of hydrazone groups is 1. The summed E-state index contributed by atoms with van der Waals surface area (Å²) in [5, 5.41) is 15.8. The third-order valence-corrected chi connectivity index (χ3v) is 3.95. The van der Waals surface area contributed by atoms with E-state index in [0.717, 1.165) is 10.0 Å². The van der Waals surface area contributed by atoms with Crippen molar-refractivity contribution in [3.05, 3.63) is 52.0 Å². The highest BCUT2D eigenvalue weighted by atomic mass is 79.9. The Morgan fingerprint density at radius 3 is 2.81 bits per heavy atom. The number of hydrogen-bond acceptors (Lipinski definition) is 6. The Morgan fingerprint density at radius 2 is 1.96 bits per heavy atom. The van der Waals surface area contributed by atoms with Gasteiger partial charge in [-0.3, -0.25) is 9.59 Å². The summed E-state index contributed by atoms with van der Waals surface area (Å²) in [5.74, 6) is -0.518. The second-order valence-electron chi connectivity index (χ2n) is 5.27. The molecule has 0 saturated heterocycles. The summed E-state index contributed by atoms with van der Waals surface area (Å²) in [4.78, 5) is 23.5. The maximum atomic E-state index is 11.8. The molecule has 0 aromatic heterocycles. The number of halogens is 1. The number of nitrogens with one attached hydrogen (secondary N) is 2. The van der Waals surface area contributed by atoms with Crippen molar-refractivity contribution in [3.63, 3.8) is 0 Å². The molecule has 1 aliphatic heterocycles. The monoisotopic (exact) mass is 419 g/mol. The van der Waals surface area contributed by atoms with E-state index in [4.69, 9.17) is 9.47 Å². The lowest BCUT2D eigenvalue weighted by Gasteiger charge is -2.05. The largest absolute Gasteiger partial charge is 0.507 e. The zero-order valence-corrected chi connectivity index (χ0v) is 14.9. The number of aromatic hydroxyl groups is 1. The molecule has 0 fully saturated rings. The molecule has 0 atom stereocenters. The summed E-state index contributed by atoms with van der Waals surface area (Å²) < 4.78 is 11.2. The van der Waals surface area contributed by atoms with Crippen molar-refractivity contribution >= 4 is 34.0 Å². The molecule has 3 N–H and O–H groups in total. The van der Waals surface area contributed by atoms with Gasteiger partial charge in [0, 0.05) is 16.6 Å². The first-order chi connectivity index (χ1) is 12.5. The summed E-state index contributed by atoms with van der Waals surface area (Å²) in [6.07, 6.45) is 1.24. The number of nitrogens with zero attached hydrogens (tertiary/aromatic N) is 1. The van der Waals surface area contributed by atoms with E-state index in [1.165, 1.54) is 12.3 Å². The van der Waals surface area contributed by atoms with Crippen LogP contribution in [-0.4, -0.2) is 29.9 Å². The van der Waals surface area contributed by atoms with Crippen LogP contribution < -0.4 is 20.2 Å². The molecule has 0 aliphatic carbocycles. The summed E-state index contributed by atoms with van der Waals surface area (Å²) >= 11 is 3.26. The lowest BCUT2D eigenvalue weighted by molar-refractivity contribution is -0.139. The summed E-state index contributed by atoms with van der Waals surface area (Å²) in [6.45, 7) is 0.318. The summed E-state index contributed by atoms with van der Waals surface area (Å²) in [5.41, 5.74) is 3.25. The van der Waals surface area contributed by atoms with Crippen molar-refractivity contribution < 1.29 is 24.2 Å². The number of carbonyl (C=O) groups excluding carboxylic acids is 2. The Kier molecular flexibility index (Phi) is 5.37. The van der Waals surface area contributed by atoms with Crippen LogP contribution in [0.25, 0.3) is 0 Å². The number of phenolic OH excluding ortho intramolecular Hbond substituents is 1. The number of benzene rings is 2. The van der Waals surface area contributed by atoms with E-state index in [1.807, 2.05) is 0 Å². The molecule has 2 aromatic carbocycles. The van der Waals surface area contributed by atoms with Crippen LogP contribution in [0.3, 0.4) is 0 Å². The fraction of sp³-hybridized carbons (Fsp3) is 0.118. The van der Waals surface area contributed by atoms with Gasteiger partial charge in [0.1, 0.15) is 5.75 Å². The first kappa shape index (κ1) is 17.7. The van der Waals surface area contributed by atoms with Crippen molar-refractivity contribution in [2.45, 2.75) is 6.54 Å². The van der Waals surface area contributed by atoms with Crippen LogP contribution in [-0.2, 0) is 16.1 Å². The lowest BCUT2D eigenvalue weighted by atomic mass is 10.2. The molecule has 9 heteroatoms. The van der Waals surface area contributed by atoms with Gasteiger partial charge in [-0.05, 0) is 35.9 Å². The number of carbonyl (C=O) groups is 2. The predicted molar refractivity (Wildman–Crippen MR) is 96.0 cm³/mol. The van der Waals surface area contributed by atoms with Crippen LogP contribution in [0.4, 0.5) is 0 Å². The Hall–Kier alpha value is -3.07. The van der Waals surface area contributed by atoms with E-state index in [1.54, 1.807) is 30.3 Å². The number of ether oxygens (including phenoxy) is 2. The van der Waals surface area contributed by atoms with Crippen LogP contribution in [0.5, 0.6) is 17.2 Å². The van der Waals surface area contributed by atoms with Crippen molar-refractivity contribution in [2.75, 3.05) is 6.79 Å². The van der Waals surface area contributed by atoms with E-state index in [0.29, 0.717) is 17.1 Å². The SMILES string of the molecule is O=C(NCc1ccc2c(c1)OCO2)C(=O)N/N=C\c1cc(Br)ccc1O. The Morgan fingerprint density at radius 1 is 1.15 bits per heavy atom.